The van der Waals surface area contributed by atoms with E-state index in [4.69, 9.17) is 4.42 Å². The molecule has 0 N–H and O–H groups in total. The van der Waals surface area contributed by atoms with Crippen LogP contribution >= 0.6 is 0 Å². The monoisotopic (exact) mass is 928 g/mol. The van der Waals surface area contributed by atoms with Gasteiger partial charge in [-0.2, -0.15) is 0 Å². The van der Waals surface area contributed by atoms with Gasteiger partial charge in [-0.1, -0.05) is 124 Å². The van der Waals surface area contributed by atoms with E-state index in [2.05, 4.69) is 238 Å². The average molecular weight is 924 g/mol. The first kappa shape index (κ1) is 52.0. The minimum Gasteiger partial charge on any atom is -0.456 e. The van der Waals surface area contributed by atoms with Gasteiger partial charge in [0.15, 0.2) is 0 Å². The molecule has 9 aromatic carbocycles. The van der Waals surface area contributed by atoms with Gasteiger partial charge in [0.25, 0.3) is 0 Å². The maximum absolute atomic E-state index is 6.26. The van der Waals surface area contributed by atoms with E-state index in [1.54, 1.807) is 0 Å². The zero-order valence-electron chi connectivity index (χ0n) is 48.7. The Labute approximate surface area is 459 Å². The highest BCUT2D eigenvalue weighted by atomic mass is 16.3. The van der Waals surface area contributed by atoms with Gasteiger partial charge in [0.1, 0.15) is 184 Å². The summed E-state index contributed by atoms with van der Waals surface area (Å²) in [6.45, 7) is 0. The van der Waals surface area contributed by atoms with Gasteiger partial charge in [0, 0.05) is 27.8 Å². The molecule has 0 saturated carbocycles. The zero-order chi connectivity index (χ0) is 53.6. The van der Waals surface area contributed by atoms with Crippen LogP contribution in [-0.2, 0) is 0 Å². The number of nitrogens with zero attached hydrogens (tertiary/aromatic N) is 1. The van der Waals surface area contributed by atoms with E-state index in [0.29, 0.717) is 0 Å². The molecule has 0 aliphatic rings. The van der Waals surface area contributed by atoms with Gasteiger partial charge in [-0.3, -0.25) is 0 Å². The van der Waals surface area contributed by atoms with Gasteiger partial charge in [-0.25, -0.2) is 0 Å². The number of hydrogen-bond donors (Lipinski definition) is 0. The summed E-state index contributed by atoms with van der Waals surface area (Å²) in [5.74, 6) is 0. The van der Waals surface area contributed by atoms with E-state index < -0.39 is 0 Å². The predicted molar refractivity (Wildman–Crippen MR) is 400 cm³/mol. The third kappa shape index (κ3) is 7.40. The van der Waals surface area contributed by atoms with E-state index in [-0.39, 0.29) is 0 Å². The second kappa shape index (κ2) is 18.7. The van der Waals surface area contributed by atoms with Crippen LogP contribution in [0.3, 0.4) is 0 Å². The second-order valence-corrected chi connectivity index (χ2v) is 22.6. The van der Waals surface area contributed by atoms with Crippen molar-refractivity contribution in [3.63, 3.8) is 0 Å². The highest BCUT2D eigenvalue weighted by Gasteiger charge is 2.30. The Bertz CT molecular complexity index is 3910. The molecule has 1 heterocycles. The molecule has 0 spiro atoms. The number of anilines is 3. The summed E-state index contributed by atoms with van der Waals surface area (Å²) in [7, 11) is 51.8. The first-order valence-electron chi connectivity index (χ1n) is 27.0. The van der Waals surface area contributed by atoms with Crippen LogP contribution in [0.15, 0.2) is 71.1 Å². The molecule has 1 aromatic heterocycles. The van der Waals surface area contributed by atoms with Crippen LogP contribution in [0.2, 0.25) is 0 Å². The molecule has 0 saturated heterocycles. The zero-order valence-corrected chi connectivity index (χ0v) is 48.7. The Balaban J connectivity index is 1.27. The maximum atomic E-state index is 6.26. The number of para-hydroxylation sites is 1. The summed E-state index contributed by atoms with van der Waals surface area (Å²) >= 11 is 0. The van der Waals surface area contributed by atoms with Crippen LogP contribution in [-0.4, -0.2) is 173 Å². The Hall–Kier alpha value is -5.47. The summed E-state index contributed by atoms with van der Waals surface area (Å²) in [5, 5.41) is 7.95. The van der Waals surface area contributed by atoms with Crippen molar-refractivity contribution >= 4 is 353 Å². The van der Waals surface area contributed by atoms with Gasteiger partial charge in [0.05, 0.1) is 0 Å². The second-order valence-electron chi connectivity index (χ2n) is 22.6. The molecule has 10 rings (SSSR count). The molecule has 24 heteroatoms. The first-order valence-corrected chi connectivity index (χ1v) is 27.0. The Kier molecular flexibility index (Phi) is 13.1. The molecule has 10 aromatic rings. The molecule has 2 nitrogen and oxygen atoms in total. The van der Waals surface area contributed by atoms with E-state index >= 15 is 0 Å². The first-order chi connectivity index (χ1) is 34.9. The lowest BCUT2D eigenvalue weighted by atomic mass is 9.56. The van der Waals surface area contributed by atoms with Crippen LogP contribution in [0.1, 0.15) is 0 Å². The standard InChI is InChI=1S/C50H55B22NO/c51-27-21(19-23(31(55)39(27)63)33(57)43(67)41(65)29(19)53)25-35(59)45(69)49(46(70)36(25)60)73(14-8-5-12(6-9-14)13-7-10-18-16(11-13)15-3-1-2-4-17(15)74-18)50-47(71)37(61)26(38(62)48(50)72)22-20-24(32(56)40(64)28(22)52)34(58)44(68)42(66)30(20)54/h1-11H,51-72H2. The summed E-state index contributed by atoms with van der Waals surface area (Å²) in [4.78, 5) is 2.64. The maximum Gasteiger partial charge on any atom is 0.141 e. The van der Waals surface area contributed by atoms with Crippen LogP contribution in [0, 0.1) is 0 Å². The van der Waals surface area contributed by atoms with Gasteiger partial charge in [-0.15, -0.1) is 32.8 Å². The molecule has 0 aliphatic heterocycles. The predicted octanol–water partition coefficient (Wildman–Crippen LogP) is -24.0. The van der Waals surface area contributed by atoms with Gasteiger partial charge in [0.2, 0.25) is 0 Å². The molecule has 0 unspecified atom stereocenters. The van der Waals surface area contributed by atoms with Crippen molar-refractivity contribution in [2.75, 3.05) is 4.90 Å². The molecule has 0 radical (unpaired) electrons. The lowest BCUT2D eigenvalue weighted by Gasteiger charge is -2.37. The van der Waals surface area contributed by atoms with Crippen molar-refractivity contribution in [2.24, 2.45) is 0 Å². The number of hydrogen-bond acceptors (Lipinski definition) is 2. The molecular formula is C50H55B22NO. The van der Waals surface area contributed by atoms with Crippen LogP contribution in [0.25, 0.3) is 76.9 Å². The Morgan fingerprint density at radius 2 is 0.581 bits per heavy atom. The number of benzene rings is 9. The van der Waals surface area contributed by atoms with Gasteiger partial charge in [-0.05, 0) is 85.3 Å². The van der Waals surface area contributed by atoms with Crippen molar-refractivity contribution in [1.82, 2.24) is 0 Å². The van der Waals surface area contributed by atoms with E-state index in [9.17, 15) is 0 Å². The van der Waals surface area contributed by atoms with E-state index in [1.165, 1.54) is 186 Å². The van der Waals surface area contributed by atoms with Crippen molar-refractivity contribution in [1.29, 1.82) is 0 Å². The fraction of sp³-hybridized carbons (Fsp3) is 0. The summed E-state index contributed by atoms with van der Waals surface area (Å²) in [6.07, 6.45) is 0. The smallest absolute Gasteiger partial charge is 0.141 e. The molecule has 0 atom stereocenters. The molecule has 332 valence electrons. The fourth-order valence-electron chi connectivity index (χ4n) is 13.6. The van der Waals surface area contributed by atoms with E-state index in [0.717, 1.165) is 27.6 Å². The third-order valence-corrected chi connectivity index (χ3v) is 19.6. The fourth-order valence-corrected chi connectivity index (χ4v) is 13.6. The number of rotatable bonds is 6. The van der Waals surface area contributed by atoms with Gasteiger partial charge < -0.3 is 9.32 Å². The molecule has 0 bridgehead atoms. The third-order valence-electron chi connectivity index (χ3n) is 19.6. The lowest BCUT2D eigenvalue weighted by molar-refractivity contribution is 0.669. The minimum atomic E-state index is 0.914. The van der Waals surface area contributed by atoms with Crippen molar-refractivity contribution in [3.05, 3.63) is 66.7 Å². The average Bonchev–Trinajstić information content (AvgIpc) is 3.77. The van der Waals surface area contributed by atoms with Crippen molar-refractivity contribution in [3.8, 4) is 33.4 Å². The van der Waals surface area contributed by atoms with Crippen LogP contribution in [0.4, 0.5) is 17.1 Å². The molecular weight excluding hydrogens is 868 g/mol. The summed E-state index contributed by atoms with van der Waals surface area (Å²) < 4.78 is 6.26. The Morgan fingerprint density at radius 3 is 0.986 bits per heavy atom. The molecule has 0 amide bonds. The number of fused-ring (bicyclic) bond motifs is 5. The highest BCUT2D eigenvalue weighted by molar-refractivity contribution is 6.76. The Morgan fingerprint density at radius 1 is 0.257 bits per heavy atom. The van der Waals surface area contributed by atoms with Crippen LogP contribution in [0.5, 0.6) is 0 Å². The van der Waals surface area contributed by atoms with Crippen molar-refractivity contribution in [2.45, 2.75) is 0 Å². The quantitative estimate of drug-likeness (QED) is 0.155. The minimum absolute atomic E-state index is 0.914. The van der Waals surface area contributed by atoms with Crippen molar-refractivity contribution < 1.29 is 4.42 Å². The normalized spacial score (nSPS) is 11.6. The summed E-state index contributed by atoms with van der Waals surface area (Å²) in [6, 6.07) is 24.3. The van der Waals surface area contributed by atoms with Crippen LogP contribution < -0.4 is 125 Å². The lowest BCUT2D eigenvalue weighted by Crippen LogP contribution is -2.54. The molecule has 74 heavy (non-hydrogen) atoms. The number of furan rings is 1. The topological polar surface area (TPSA) is 16.4 Å². The SMILES string of the molecule is Bc1c(B)c(N(c2ccc(-c3ccc4oc5ccccc5c4c3)cc2)c2c(B)c(B)c(-c3c(B)c(B)c(B)c4c(B)c(B)c(B)c(B)c34)c(B)c2B)c(B)c(B)c1-c1c(B)c(B)c(B)c2c(B)c(B)c(B)c(B)c12. The largest absolute Gasteiger partial charge is 0.456 e. The molecule has 0 fully saturated rings. The summed E-state index contributed by atoms with van der Waals surface area (Å²) in [5.41, 5.74) is 43.5. The van der Waals surface area contributed by atoms with E-state index in [1.807, 2.05) is 6.07 Å². The molecule has 0 aliphatic carbocycles. The highest BCUT2D eigenvalue weighted by Crippen LogP contribution is 2.36. The van der Waals surface area contributed by atoms with Gasteiger partial charge >= 0.3 is 0 Å².